The second-order valence-electron chi connectivity index (χ2n) is 6.13. The van der Waals surface area contributed by atoms with Crippen molar-refractivity contribution in [2.75, 3.05) is 7.05 Å². The van der Waals surface area contributed by atoms with Crippen LogP contribution in [0.25, 0.3) is 0 Å². The van der Waals surface area contributed by atoms with Gasteiger partial charge < -0.3 is 5.32 Å². The first kappa shape index (κ1) is 12.1. The van der Waals surface area contributed by atoms with Crippen molar-refractivity contribution >= 4 is 11.3 Å². The summed E-state index contributed by atoms with van der Waals surface area (Å²) in [7, 11) is 2.00. The minimum absolute atomic E-state index is 0.159. The molecule has 0 radical (unpaired) electrons. The summed E-state index contributed by atoms with van der Waals surface area (Å²) in [5.74, 6) is 0. The third kappa shape index (κ3) is 2.16. The van der Waals surface area contributed by atoms with Gasteiger partial charge in [-0.2, -0.15) is 0 Å². The van der Waals surface area contributed by atoms with Crippen molar-refractivity contribution in [3.05, 3.63) is 15.6 Å². The number of hydrogen-bond acceptors (Lipinski definition) is 3. The van der Waals surface area contributed by atoms with Gasteiger partial charge in [-0.15, -0.1) is 11.3 Å². The predicted molar refractivity (Wildman–Crippen MR) is 70.2 cm³/mol. The topological polar surface area (TPSA) is 24.9 Å². The Labute approximate surface area is 102 Å². The molecule has 2 rings (SSSR count). The Morgan fingerprint density at radius 3 is 2.44 bits per heavy atom. The number of nitrogens with zero attached hydrogens (tertiary/aromatic N) is 1. The van der Waals surface area contributed by atoms with Gasteiger partial charge in [-0.3, -0.25) is 0 Å². The fourth-order valence-corrected chi connectivity index (χ4v) is 3.36. The summed E-state index contributed by atoms with van der Waals surface area (Å²) in [5, 5.41) is 4.60. The molecule has 0 saturated heterocycles. The summed E-state index contributed by atoms with van der Waals surface area (Å²) in [6, 6.07) is 0. The first-order valence-electron chi connectivity index (χ1n) is 6.02. The molecule has 90 valence electrons. The molecule has 1 fully saturated rings. The Kier molecular flexibility index (Phi) is 2.87. The molecule has 0 aliphatic heterocycles. The Balaban J connectivity index is 2.38. The van der Waals surface area contributed by atoms with Crippen LogP contribution in [0.15, 0.2) is 0 Å². The van der Waals surface area contributed by atoms with Crippen LogP contribution in [-0.4, -0.2) is 12.0 Å². The second-order valence-corrected chi connectivity index (χ2v) is 7.22. The summed E-state index contributed by atoms with van der Waals surface area (Å²) in [6.07, 6.45) is 2.62. The van der Waals surface area contributed by atoms with Gasteiger partial charge in [0.25, 0.3) is 0 Å². The van der Waals surface area contributed by atoms with Crippen LogP contribution in [0.2, 0.25) is 0 Å². The third-order valence-corrected chi connectivity index (χ3v) is 4.62. The van der Waals surface area contributed by atoms with Gasteiger partial charge in [-0.05, 0) is 19.9 Å². The maximum absolute atomic E-state index is 4.91. The fraction of sp³-hybridized carbons (Fsp3) is 0.769. The van der Waals surface area contributed by atoms with Crippen LogP contribution >= 0.6 is 11.3 Å². The number of nitrogens with one attached hydrogen (secondary N) is 1. The summed E-state index contributed by atoms with van der Waals surface area (Å²) in [6.45, 7) is 10.0. The Morgan fingerprint density at radius 1 is 1.38 bits per heavy atom. The first-order valence-corrected chi connectivity index (χ1v) is 6.84. The normalized spacial score (nSPS) is 18.8. The molecule has 0 spiro atoms. The second kappa shape index (κ2) is 3.81. The van der Waals surface area contributed by atoms with Crippen molar-refractivity contribution in [3.63, 3.8) is 0 Å². The summed E-state index contributed by atoms with van der Waals surface area (Å²) in [5.41, 5.74) is 1.85. The maximum atomic E-state index is 4.91. The molecule has 3 heteroatoms. The number of rotatable bonds is 3. The molecule has 0 aromatic carbocycles. The predicted octanol–water partition coefficient (Wildman–Crippen LogP) is 3.21. The van der Waals surface area contributed by atoms with E-state index in [2.05, 4.69) is 33.0 Å². The van der Waals surface area contributed by atoms with Gasteiger partial charge >= 0.3 is 0 Å². The van der Waals surface area contributed by atoms with Crippen LogP contribution in [0.5, 0.6) is 0 Å². The van der Waals surface area contributed by atoms with E-state index in [4.69, 9.17) is 4.98 Å². The van der Waals surface area contributed by atoms with E-state index in [1.54, 1.807) is 0 Å². The molecule has 16 heavy (non-hydrogen) atoms. The highest BCUT2D eigenvalue weighted by atomic mass is 32.1. The Morgan fingerprint density at radius 2 is 2.00 bits per heavy atom. The zero-order valence-electron chi connectivity index (χ0n) is 11.0. The third-order valence-electron chi connectivity index (χ3n) is 3.26. The van der Waals surface area contributed by atoms with E-state index in [0.29, 0.717) is 5.41 Å². The van der Waals surface area contributed by atoms with Crippen LogP contribution in [-0.2, 0) is 17.4 Å². The Bertz CT molecular complexity index is 383. The smallest absolute Gasteiger partial charge is 0.0990 e. The van der Waals surface area contributed by atoms with Crippen molar-refractivity contribution in [1.29, 1.82) is 0 Å². The van der Waals surface area contributed by atoms with E-state index >= 15 is 0 Å². The lowest BCUT2D eigenvalue weighted by molar-refractivity contribution is 0.558. The van der Waals surface area contributed by atoms with Crippen LogP contribution in [0, 0.1) is 0 Å². The molecule has 1 saturated carbocycles. The van der Waals surface area contributed by atoms with Crippen LogP contribution < -0.4 is 5.32 Å². The zero-order valence-corrected chi connectivity index (χ0v) is 11.8. The molecule has 1 heterocycles. The number of thiazole rings is 1. The van der Waals surface area contributed by atoms with Crippen LogP contribution in [0.4, 0.5) is 0 Å². The molecular formula is C13H22N2S. The largest absolute Gasteiger partial charge is 0.315 e. The molecule has 0 unspecified atom stereocenters. The van der Waals surface area contributed by atoms with Crippen molar-refractivity contribution in [2.45, 2.75) is 57.9 Å². The maximum Gasteiger partial charge on any atom is 0.0990 e. The molecule has 0 atom stereocenters. The highest BCUT2D eigenvalue weighted by Crippen LogP contribution is 2.50. The minimum atomic E-state index is 0.159. The first-order chi connectivity index (χ1) is 7.37. The van der Waals surface area contributed by atoms with Crippen molar-refractivity contribution in [3.8, 4) is 0 Å². The molecule has 1 aromatic heterocycles. The van der Waals surface area contributed by atoms with Gasteiger partial charge in [0.05, 0.1) is 10.7 Å². The summed E-state index contributed by atoms with van der Waals surface area (Å²) >= 11 is 1.91. The van der Waals surface area contributed by atoms with Gasteiger partial charge in [0.1, 0.15) is 0 Å². The average Bonchev–Trinajstić information content (AvgIpc) is 2.76. The molecule has 0 amide bonds. The lowest BCUT2D eigenvalue weighted by atomic mass is 9.91. The number of aromatic nitrogens is 1. The number of hydrogen-bond donors (Lipinski definition) is 1. The van der Waals surface area contributed by atoms with Gasteiger partial charge in [0, 0.05) is 22.3 Å². The minimum Gasteiger partial charge on any atom is -0.315 e. The van der Waals surface area contributed by atoms with Crippen molar-refractivity contribution in [1.82, 2.24) is 10.3 Å². The highest BCUT2D eigenvalue weighted by molar-refractivity contribution is 7.12. The molecule has 1 N–H and O–H groups in total. The van der Waals surface area contributed by atoms with Gasteiger partial charge in [0.15, 0.2) is 0 Å². The quantitative estimate of drug-likeness (QED) is 0.874. The molecular weight excluding hydrogens is 216 g/mol. The van der Waals surface area contributed by atoms with E-state index in [0.717, 1.165) is 6.54 Å². The molecule has 2 nitrogen and oxygen atoms in total. The summed E-state index contributed by atoms with van der Waals surface area (Å²) < 4.78 is 0. The monoisotopic (exact) mass is 238 g/mol. The van der Waals surface area contributed by atoms with Gasteiger partial charge in [-0.25, -0.2) is 4.98 Å². The average molecular weight is 238 g/mol. The summed E-state index contributed by atoms with van der Waals surface area (Å²) in [4.78, 5) is 6.33. The van der Waals surface area contributed by atoms with Crippen molar-refractivity contribution < 1.29 is 0 Å². The van der Waals surface area contributed by atoms with Crippen LogP contribution in [0.3, 0.4) is 0 Å². The highest BCUT2D eigenvalue weighted by Gasteiger charge is 2.43. The standard InChI is InChI=1S/C13H22N2S/c1-12(2,3)10-9(8-14-5)16-11(15-10)13(4)6-7-13/h14H,6-8H2,1-5H3. The molecule has 1 aromatic rings. The van der Waals surface area contributed by atoms with Gasteiger partial charge in [0.2, 0.25) is 0 Å². The SMILES string of the molecule is CNCc1sc(C2(C)CC2)nc1C(C)(C)C. The van der Waals surface area contributed by atoms with E-state index in [-0.39, 0.29) is 5.41 Å². The van der Waals surface area contributed by atoms with E-state index in [1.165, 1.54) is 28.4 Å². The van der Waals surface area contributed by atoms with Gasteiger partial charge in [-0.1, -0.05) is 27.7 Å². The van der Waals surface area contributed by atoms with Crippen LogP contribution in [0.1, 0.15) is 56.1 Å². The lowest BCUT2D eigenvalue weighted by Crippen LogP contribution is -2.17. The fourth-order valence-electron chi connectivity index (χ4n) is 1.88. The molecule has 1 aliphatic carbocycles. The zero-order chi connectivity index (χ0) is 12.0. The Hall–Kier alpha value is -0.410. The molecule has 0 bridgehead atoms. The van der Waals surface area contributed by atoms with E-state index in [9.17, 15) is 0 Å². The van der Waals surface area contributed by atoms with E-state index < -0.39 is 0 Å². The van der Waals surface area contributed by atoms with E-state index in [1.807, 2.05) is 18.4 Å². The van der Waals surface area contributed by atoms with Crippen molar-refractivity contribution in [2.24, 2.45) is 0 Å². The molecule has 1 aliphatic rings. The lowest BCUT2D eigenvalue weighted by Gasteiger charge is -2.17.